The number of imidazole rings is 4. The molecule has 6 heterocycles. The first kappa shape index (κ1) is 53.0. The third-order valence-electron chi connectivity index (χ3n) is 7.81. The third-order valence-corrected chi connectivity index (χ3v) is 7.81. The van der Waals surface area contributed by atoms with Gasteiger partial charge in [0.15, 0.2) is 0 Å². The van der Waals surface area contributed by atoms with Crippen molar-refractivity contribution in [3.8, 4) is 22.9 Å². The first-order valence-electron chi connectivity index (χ1n) is 18.0. The number of aromatic nitrogens is 8. The van der Waals surface area contributed by atoms with Crippen LogP contribution in [0.1, 0.15) is 0 Å². The van der Waals surface area contributed by atoms with Crippen molar-refractivity contribution in [1.82, 2.24) is 38.7 Å². The average molecular weight is 1150 g/mol. The summed E-state index contributed by atoms with van der Waals surface area (Å²) in [6, 6.07) is 17.0. The van der Waals surface area contributed by atoms with Gasteiger partial charge in [-0.1, -0.05) is 6.07 Å². The van der Waals surface area contributed by atoms with Gasteiger partial charge < -0.3 is 14.9 Å². The maximum absolute atomic E-state index is 10.7. The Labute approximate surface area is 379 Å². The second-order valence-electron chi connectivity index (χ2n) is 13.8. The fraction of sp³-hybridized carbons (Fsp3) is 0.143. The van der Waals surface area contributed by atoms with Crippen LogP contribution in [0.3, 0.4) is 0 Å². The van der Waals surface area contributed by atoms with Gasteiger partial charge in [-0.3, -0.25) is 9.62 Å². The van der Waals surface area contributed by atoms with Crippen LogP contribution in [0.15, 0.2) is 122 Å². The standard InChI is InChI=1S/C14H19B3N7O.C14H16B3N7O.2F6P.Pt/c2*1-21-6-8-23(11-21)13-4-3-5-14(10-13)25-17-19-15-18-16(20-17)24-9-7-22(2)12-24;2*1-7(2,3,4,5)6;/h3-12,18-20H,1-2H3;3-9,11-12,18H,1-2H3;;;/q+2;;2*-1;+4. The number of hydrogen-bond acceptors (Lipinski definition) is 7. The third kappa shape index (κ3) is 21.5. The Kier molecular flexibility index (Phi) is 15.5. The van der Waals surface area contributed by atoms with Crippen LogP contribution in [0.5, 0.6) is 11.5 Å². The minimum Gasteiger partial charge on any atom is 4.00 e. The molecule has 2 aliphatic heterocycles. The smallest absolute Gasteiger partial charge is 4.00 e. The molecule has 1 saturated heterocycles. The number of halogens is 12. The summed E-state index contributed by atoms with van der Waals surface area (Å²) in [5.74, 6) is 1.38. The fourth-order valence-electron chi connectivity index (χ4n) is 5.34. The number of nitrogens with zero attached hydrogens (tertiary/aromatic N) is 10. The van der Waals surface area contributed by atoms with Crippen LogP contribution < -0.4 is 48.0 Å². The van der Waals surface area contributed by atoms with Crippen molar-refractivity contribution in [1.29, 1.82) is 0 Å². The molecule has 6 aromatic rings. The van der Waals surface area contributed by atoms with Crippen molar-refractivity contribution >= 4 is 59.0 Å². The minimum absolute atomic E-state index is 0. The molecule has 2 aliphatic rings. The zero-order valence-corrected chi connectivity index (χ0v) is 38.0. The Morgan fingerprint density at radius 1 is 0.708 bits per heavy atom. The summed E-state index contributed by atoms with van der Waals surface area (Å²) >= 11 is 0. The molecule has 0 bridgehead atoms. The SMILES string of the molecule is C[n+]1ccn(B2[N-]B(Oc3[c-]c(-n4cc[n+](C)c4)ccc3)N=BN2)c1.Cn1cc[n+](B2N[B]NB(Oc3cccc(-n4cc[n+](C)c4)c3)N2)c1.F[P-](F)(F)(F)(F)F.F[P-](F)(F)(F)(F)F.[Pt+4]. The monoisotopic (exact) mass is 1150 g/mol. The molecule has 4 N–H and O–H groups in total. The van der Waals surface area contributed by atoms with Crippen molar-refractivity contribution in [3.05, 3.63) is 129 Å². The van der Waals surface area contributed by atoms with Crippen molar-refractivity contribution in [2.45, 2.75) is 0 Å². The largest absolute Gasteiger partial charge is 4.00 e. The summed E-state index contributed by atoms with van der Waals surface area (Å²) < 4.78 is 146. The summed E-state index contributed by atoms with van der Waals surface area (Å²) in [5.41, 5.74) is 1.94. The van der Waals surface area contributed by atoms with Gasteiger partial charge in [0, 0.05) is 6.07 Å². The number of rotatable bonds is 8. The quantitative estimate of drug-likeness (QED) is 0.0593. The van der Waals surface area contributed by atoms with Crippen LogP contribution >= 0.6 is 15.6 Å². The molecule has 0 saturated carbocycles. The van der Waals surface area contributed by atoms with Gasteiger partial charge in [0.2, 0.25) is 12.7 Å². The molecule has 0 spiro atoms. The van der Waals surface area contributed by atoms with E-state index in [2.05, 4.69) is 36.6 Å². The number of benzene rings is 2. The van der Waals surface area contributed by atoms with Gasteiger partial charge in [-0.25, -0.2) is 13.7 Å². The van der Waals surface area contributed by atoms with Crippen LogP contribution in [0.2, 0.25) is 0 Å². The molecule has 16 nitrogen and oxygen atoms in total. The van der Waals surface area contributed by atoms with Crippen molar-refractivity contribution in [3.63, 3.8) is 0 Å². The molecule has 0 amide bonds. The van der Waals surface area contributed by atoms with Crippen molar-refractivity contribution < 1.29 is 98.9 Å². The Bertz CT molecular complexity index is 2510. The van der Waals surface area contributed by atoms with Crippen LogP contribution in [-0.4, -0.2) is 61.5 Å². The summed E-state index contributed by atoms with van der Waals surface area (Å²) in [5, 5.41) is 17.4. The molecule has 37 heteroatoms. The molecule has 0 aliphatic carbocycles. The minimum atomic E-state index is -10.7. The second-order valence-corrected chi connectivity index (χ2v) is 17.6. The normalized spacial score (nSPS) is 15.8. The number of aryl methyl sites for hydroxylation is 4. The summed E-state index contributed by atoms with van der Waals surface area (Å²) in [6.07, 6.45) is 23.7. The predicted molar refractivity (Wildman–Crippen MR) is 216 cm³/mol. The van der Waals surface area contributed by atoms with E-state index in [0.29, 0.717) is 5.75 Å². The Morgan fingerprint density at radius 2 is 1.31 bits per heavy atom. The van der Waals surface area contributed by atoms with Crippen LogP contribution in [0.25, 0.3) is 16.5 Å². The molecular weight excluding hydrogens is 1110 g/mol. The van der Waals surface area contributed by atoms with E-state index in [1.807, 2.05) is 182 Å². The van der Waals surface area contributed by atoms with E-state index in [9.17, 15) is 50.4 Å². The van der Waals surface area contributed by atoms with Crippen LogP contribution in [-0.2, 0) is 49.3 Å². The molecule has 1 fully saturated rings. The van der Waals surface area contributed by atoms with Crippen molar-refractivity contribution in [2.24, 2.45) is 33.0 Å². The zero-order chi connectivity index (χ0) is 47.3. The molecule has 1 radical (unpaired) electrons. The summed E-state index contributed by atoms with van der Waals surface area (Å²) in [6.45, 7) is 0. The van der Waals surface area contributed by atoms with E-state index < -0.39 is 22.8 Å². The fourth-order valence-corrected chi connectivity index (χ4v) is 5.34. The van der Waals surface area contributed by atoms with E-state index >= 15 is 0 Å². The molecule has 0 unspecified atom stereocenters. The van der Waals surface area contributed by atoms with Crippen molar-refractivity contribution in [2.75, 3.05) is 0 Å². The molecule has 0 atom stereocenters. The molecule has 347 valence electrons. The topological polar surface area (TPSA) is 128 Å². The Morgan fingerprint density at radius 3 is 1.88 bits per heavy atom. The molecule has 2 aromatic carbocycles. The summed E-state index contributed by atoms with van der Waals surface area (Å²) in [7, 11) is -11.3. The Hall–Kier alpha value is -4.58. The van der Waals surface area contributed by atoms with E-state index in [1.165, 1.54) is 0 Å². The first-order chi connectivity index (χ1) is 29.2. The van der Waals surface area contributed by atoms with Crippen LogP contribution in [0.4, 0.5) is 50.4 Å². The van der Waals surface area contributed by atoms with E-state index in [4.69, 9.17) is 9.31 Å². The molecule has 65 heavy (non-hydrogen) atoms. The van der Waals surface area contributed by atoms with Gasteiger partial charge in [-0.2, -0.15) is 0 Å². The van der Waals surface area contributed by atoms with E-state index in [-0.39, 0.29) is 42.5 Å². The first-order valence-corrected chi connectivity index (χ1v) is 22.1. The van der Waals surface area contributed by atoms with Gasteiger partial charge in [0.05, 0.1) is 14.1 Å². The Balaban J connectivity index is 0.000000219. The van der Waals surface area contributed by atoms with Gasteiger partial charge in [-0.15, -0.1) is 0 Å². The predicted octanol–water partition coefficient (Wildman–Crippen LogP) is 4.31. The van der Waals surface area contributed by atoms with Gasteiger partial charge >= 0.3 is 248 Å². The zero-order valence-electron chi connectivity index (χ0n) is 34.0. The van der Waals surface area contributed by atoms with Crippen LogP contribution in [0, 0.1) is 6.07 Å². The number of hydrogen-bond donors (Lipinski definition) is 4. The summed E-state index contributed by atoms with van der Waals surface area (Å²) in [4.78, 5) is 4.24. The second kappa shape index (κ2) is 19.0. The van der Waals surface area contributed by atoms with Gasteiger partial charge in [-0.05, 0) is 12.1 Å². The average Bonchev–Trinajstić information content (AvgIpc) is 3.99. The van der Waals surface area contributed by atoms with Gasteiger partial charge in [0.1, 0.15) is 36.2 Å². The molecular formula is C28H35B6F12N14O2P2Pt+4. The maximum Gasteiger partial charge on any atom is 4.00 e. The van der Waals surface area contributed by atoms with E-state index in [1.54, 1.807) is 14.8 Å². The number of nitrogens with one attached hydrogen (secondary N) is 4. The van der Waals surface area contributed by atoms with E-state index in [0.717, 1.165) is 17.1 Å². The van der Waals surface area contributed by atoms with Gasteiger partial charge in [0.25, 0.3) is 7.55 Å². The molecule has 8 rings (SSSR count). The maximum atomic E-state index is 9.87. The molecule has 4 aromatic heterocycles.